The summed E-state index contributed by atoms with van der Waals surface area (Å²) in [5.74, 6) is 1.41. The number of benzene rings is 1. The maximum atomic E-state index is 13.2. The number of ether oxygens (including phenoxy) is 2. The van der Waals surface area contributed by atoms with Gasteiger partial charge in [0.1, 0.15) is 12.3 Å². The largest absolute Gasteiger partial charge is 0.497 e. The van der Waals surface area contributed by atoms with Crippen molar-refractivity contribution in [1.29, 1.82) is 0 Å². The summed E-state index contributed by atoms with van der Waals surface area (Å²) in [5.41, 5.74) is 1.72. The van der Waals surface area contributed by atoms with E-state index in [1.165, 1.54) is 11.3 Å². The number of hydrogen-bond donors (Lipinski definition) is 0. The van der Waals surface area contributed by atoms with Gasteiger partial charge in [-0.15, -0.1) is 21.5 Å². The maximum absolute atomic E-state index is 13.2. The van der Waals surface area contributed by atoms with Gasteiger partial charge in [-0.25, -0.2) is 0 Å². The minimum absolute atomic E-state index is 0.00733. The van der Waals surface area contributed by atoms with Gasteiger partial charge in [-0.1, -0.05) is 18.2 Å². The van der Waals surface area contributed by atoms with Gasteiger partial charge in [0.15, 0.2) is 5.82 Å². The van der Waals surface area contributed by atoms with Crippen molar-refractivity contribution >= 4 is 29.0 Å². The number of anilines is 1. The number of hydrogen-bond acceptors (Lipinski definition) is 8. The van der Waals surface area contributed by atoms with Crippen LogP contribution in [0.1, 0.15) is 22.5 Å². The molecule has 0 saturated carbocycles. The highest BCUT2D eigenvalue weighted by atomic mass is 32.1. The summed E-state index contributed by atoms with van der Waals surface area (Å²) in [5, 5.41) is 10.7. The molecule has 0 spiro atoms. The van der Waals surface area contributed by atoms with E-state index in [-0.39, 0.29) is 24.5 Å². The Morgan fingerprint density at radius 2 is 1.97 bits per heavy atom. The molecular weight excluding hydrogens is 490 g/mol. The lowest BCUT2D eigenvalue weighted by Gasteiger charge is -2.36. The SMILES string of the molecule is COc1cccc(-c2ccc(N3CCN(C(=O)CN(CC4CCCO4)C(=O)c4cccs4)CC3)nn2)c1. The number of thiophene rings is 1. The molecule has 1 atom stereocenters. The Morgan fingerprint density at radius 3 is 2.65 bits per heavy atom. The van der Waals surface area contributed by atoms with E-state index in [4.69, 9.17) is 9.47 Å². The van der Waals surface area contributed by atoms with Gasteiger partial charge in [-0.3, -0.25) is 9.59 Å². The van der Waals surface area contributed by atoms with Crippen LogP contribution in [0.2, 0.25) is 0 Å². The molecule has 4 heterocycles. The van der Waals surface area contributed by atoms with Crippen molar-refractivity contribution in [2.45, 2.75) is 18.9 Å². The van der Waals surface area contributed by atoms with Gasteiger partial charge in [-0.05, 0) is 48.6 Å². The predicted molar refractivity (Wildman–Crippen MR) is 142 cm³/mol. The van der Waals surface area contributed by atoms with Crippen LogP contribution in [-0.2, 0) is 9.53 Å². The van der Waals surface area contributed by atoms with E-state index in [0.717, 1.165) is 35.7 Å². The summed E-state index contributed by atoms with van der Waals surface area (Å²) in [6.45, 7) is 3.67. The average Bonchev–Trinajstić information content (AvgIpc) is 3.67. The lowest BCUT2D eigenvalue weighted by molar-refractivity contribution is -0.132. The molecule has 1 aromatic carbocycles. The van der Waals surface area contributed by atoms with Crippen molar-refractivity contribution in [2.75, 3.05) is 57.9 Å². The minimum Gasteiger partial charge on any atom is -0.497 e. The fourth-order valence-electron chi connectivity index (χ4n) is 4.69. The molecule has 2 amide bonds. The van der Waals surface area contributed by atoms with Crippen LogP contribution in [-0.4, -0.2) is 90.9 Å². The zero-order chi connectivity index (χ0) is 25.6. The minimum atomic E-state index is -0.108. The van der Waals surface area contributed by atoms with E-state index in [1.807, 2.05) is 52.7 Å². The summed E-state index contributed by atoms with van der Waals surface area (Å²) in [4.78, 5) is 32.5. The van der Waals surface area contributed by atoms with E-state index in [2.05, 4.69) is 15.1 Å². The first-order chi connectivity index (χ1) is 18.1. The Labute approximate surface area is 220 Å². The lowest BCUT2D eigenvalue weighted by Crippen LogP contribution is -2.52. The highest BCUT2D eigenvalue weighted by Gasteiger charge is 2.29. The zero-order valence-corrected chi connectivity index (χ0v) is 21.7. The summed E-state index contributed by atoms with van der Waals surface area (Å²) in [6, 6.07) is 15.3. The number of rotatable bonds is 8. The molecule has 2 aliphatic rings. The quantitative estimate of drug-likeness (QED) is 0.450. The second kappa shape index (κ2) is 11.7. The van der Waals surface area contributed by atoms with Crippen LogP contribution < -0.4 is 9.64 Å². The van der Waals surface area contributed by atoms with E-state index in [1.54, 1.807) is 18.1 Å². The van der Waals surface area contributed by atoms with Crippen LogP contribution >= 0.6 is 11.3 Å². The third kappa shape index (κ3) is 6.08. The van der Waals surface area contributed by atoms with Gasteiger partial charge >= 0.3 is 0 Å². The van der Waals surface area contributed by atoms with Gasteiger partial charge in [0, 0.05) is 44.9 Å². The molecule has 0 N–H and O–H groups in total. The topological polar surface area (TPSA) is 88.1 Å². The molecule has 3 aromatic rings. The second-order valence-corrected chi connectivity index (χ2v) is 10.1. The first-order valence-electron chi connectivity index (χ1n) is 12.6. The summed E-state index contributed by atoms with van der Waals surface area (Å²) in [7, 11) is 1.64. The fraction of sp³-hybridized carbons (Fsp3) is 0.407. The Bertz CT molecular complexity index is 1190. The molecule has 9 nitrogen and oxygen atoms in total. The number of carbonyl (C=O) groups excluding carboxylic acids is 2. The lowest BCUT2D eigenvalue weighted by atomic mass is 10.1. The van der Waals surface area contributed by atoms with Gasteiger partial charge in [0.25, 0.3) is 5.91 Å². The predicted octanol–water partition coefficient (Wildman–Crippen LogP) is 3.18. The molecule has 0 aliphatic carbocycles. The van der Waals surface area contributed by atoms with Gasteiger partial charge in [0.05, 0.1) is 23.8 Å². The van der Waals surface area contributed by atoms with Gasteiger partial charge in [-0.2, -0.15) is 0 Å². The average molecular weight is 522 g/mol. The molecule has 1 unspecified atom stereocenters. The molecule has 2 aliphatic heterocycles. The van der Waals surface area contributed by atoms with Crippen molar-refractivity contribution < 1.29 is 19.1 Å². The van der Waals surface area contributed by atoms with Crippen LogP contribution in [0.25, 0.3) is 11.3 Å². The molecule has 2 saturated heterocycles. The number of nitrogens with zero attached hydrogens (tertiary/aromatic N) is 5. The van der Waals surface area contributed by atoms with Crippen molar-refractivity contribution in [3.05, 3.63) is 58.8 Å². The third-order valence-corrected chi connectivity index (χ3v) is 7.62. The highest BCUT2D eigenvalue weighted by molar-refractivity contribution is 7.12. The maximum Gasteiger partial charge on any atom is 0.264 e. The van der Waals surface area contributed by atoms with Crippen LogP contribution in [0, 0.1) is 0 Å². The Morgan fingerprint density at radius 1 is 1.11 bits per heavy atom. The second-order valence-electron chi connectivity index (χ2n) is 9.17. The molecule has 37 heavy (non-hydrogen) atoms. The number of piperazine rings is 1. The van der Waals surface area contributed by atoms with Crippen molar-refractivity contribution in [3.63, 3.8) is 0 Å². The van der Waals surface area contributed by atoms with Crippen LogP contribution in [0.15, 0.2) is 53.9 Å². The van der Waals surface area contributed by atoms with E-state index in [9.17, 15) is 9.59 Å². The van der Waals surface area contributed by atoms with Crippen LogP contribution in [0.5, 0.6) is 5.75 Å². The number of methoxy groups -OCH3 is 1. The van der Waals surface area contributed by atoms with Crippen LogP contribution in [0.4, 0.5) is 5.82 Å². The zero-order valence-electron chi connectivity index (χ0n) is 20.9. The Kier molecular flexibility index (Phi) is 7.96. The number of carbonyl (C=O) groups is 2. The van der Waals surface area contributed by atoms with Crippen molar-refractivity contribution in [3.8, 4) is 17.0 Å². The third-order valence-electron chi connectivity index (χ3n) is 6.77. The molecule has 2 fully saturated rings. The first-order valence-corrected chi connectivity index (χ1v) is 13.4. The molecular formula is C27H31N5O4S. The van der Waals surface area contributed by atoms with Crippen LogP contribution in [0.3, 0.4) is 0 Å². The molecule has 2 aromatic heterocycles. The molecule has 10 heteroatoms. The van der Waals surface area contributed by atoms with Crippen molar-refractivity contribution in [1.82, 2.24) is 20.0 Å². The molecule has 5 rings (SSSR count). The smallest absolute Gasteiger partial charge is 0.264 e. The number of aromatic nitrogens is 2. The monoisotopic (exact) mass is 521 g/mol. The standard InChI is InChI=1S/C27H31N5O4S/c1-35-21-6-2-5-20(17-21)23-9-10-25(29-28-23)30-11-13-31(14-12-30)26(33)19-32(18-22-7-3-15-36-22)27(34)24-8-4-16-37-24/h2,4-6,8-10,16-17,22H,3,7,11-15,18-19H2,1H3. The first kappa shape index (κ1) is 25.2. The highest BCUT2D eigenvalue weighted by Crippen LogP contribution is 2.23. The van der Waals surface area contributed by atoms with Crippen molar-refractivity contribution in [2.24, 2.45) is 0 Å². The van der Waals surface area contributed by atoms with E-state index < -0.39 is 0 Å². The molecule has 0 radical (unpaired) electrons. The Hall–Kier alpha value is -3.50. The van der Waals surface area contributed by atoms with Gasteiger partial charge < -0.3 is 24.2 Å². The summed E-state index contributed by atoms with van der Waals surface area (Å²) < 4.78 is 11.0. The number of amides is 2. The Balaban J connectivity index is 1.18. The summed E-state index contributed by atoms with van der Waals surface area (Å²) in [6.07, 6.45) is 1.90. The van der Waals surface area contributed by atoms with Gasteiger partial charge in [0.2, 0.25) is 5.91 Å². The normalized spacial score (nSPS) is 17.6. The summed E-state index contributed by atoms with van der Waals surface area (Å²) >= 11 is 1.40. The molecule has 0 bridgehead atoms. The van der Waals surface area contributed by atoms with E-state index in [0.29, 0.717) is 44.2 Å². The van der Waals surface area contributed by atoms with E-state index >= 15 is 0 Å². The molecule has 194 valence electrons. The fourth-order valence-corrected chi connectivity index (χ4v) is 5.38.